The van der Waals surface area contributed by atoms with Crippen molar-refractivity contribution in [1.82, 2.24) is 10.2 Å². The number of carboxylic acids is 1. The highest BCUT2D eigenvalue weighted by Gasteiger charge is 2.39. The third-order valence-corrected chi connectivity index (χ3v) is 4.18. The van der Waals surface area contributed by atoms with Crippen molar-refractivity contribution in [3.05, 3.63) is 0 Å². The number of aliphatic carboxylic acids is 1. The van der Waals surface area contributed by atoms with Crippen molar-refractivity contribution in [3.8, 4) is 0 Å². The lowest BCUT2D eigenvalue weighted by Crippen LogP contribution is -2.53. The molecule has 0 spiro atoms. The van der Waals surface area contributed by atoms with Gasteiger partial charge < -0.3 is 20.1 Å². The summed E-state index contributed by atoms with van der Waals surface area (Å²) in [7, 11) is 0. The molecule has 2 N–H and O–H groups in total. The predicted molar refractivity (Wildman–Crippen MR) is 68.9 cm³/mol. The van der Waals surface area contributed by atoms with Crippen LogP contribution in [0.25, 0.3) is 0 Å². The molecule has 19 heavy (non-hydrogen) atoms. The molecule has 1 saturated heterocycles. The molecule has 1 heterocycles. The first-order chi connectivity index (χ1) is 9.02. The van der Waals surface area contributed by atoms with Gasteiger partial charge in [-0.1, -0.05) is 6.42 Å². The summed E-state index contributed by atoms with van der Waals surface area (Å²) in [5, 5.41) is 11.8. The maximum absolute atomic E-state index is 12.1. The van der Waals surface area contributed by atoms with E-state index >= 15 is 0 Å². The Morgan fingerprint density at radius 1 is 1.47 bits per heavy atom. The lowest BCUT2D eigenvalue weighted by Gasteiger charge is -2.42. The van der Waals surface area contributed by atoms with Gasteiger partial charge in [0.1, 0.15) is 0 Å². The molecule has 6 nitrogen and oxygen atoms in total. The minimum Gasteiger partial charge on any atom is -0.481 e. The van der Waals surface area contributed by atoms with Crippen LogP contribution in [0.4, 0.5) is 4.79 Å². The van der Waals surface area contributed by atoms with Gasteiger partial charge in [-0.05, 0) is 25.2 Å². The number of carbonyl (C=O) groups is 2. The molecule has 1 saturated carbocycles. The van der Waals surface area contributed by atoms with Gasteiger partial charge in [-0.25, -0.2) is 4.79 Å². The number of carbonyl (C=O) groups excluding carboxylic acids is 1. The van der Waals surface area contributed by atoms with E-state index < -0.39 is 5.97 Å². The molecular weight excluding hydrogens is 248 g/mol. The van der Waals surface area contributed by atoms with Crippen molar-refractivity contribution >= 4 is 12.0 Å². The lowest BCUT2D eigenvalue weighted by atomic mass is 9.66. The van der Waals surface area contributed by atoms with Crippen LogP contribution in [0.5, 0.6) is 0 Å². The molecule has 0 aromatic heterocycles. The average molecular weight is 270 g/mol. The smallest absolute Gasteiger partial charge is 0.317 e. The molecule has 1 atom stereocenters. The van der Waals surface area contributed by atoms with Crippen molar-refractivity contribution < 1.29 is 19.4 Å². The molecule has 0 aromatic carbocycles. The Morgan fingerprint density at radius 3 is 2.74 bits per heavy atom. The fourth-order valence-corrected chi connectivity index (χ4v) is 2.81. The van der Waals surface area contributed by atoms with Crippen molar-refractivity contribution in [2.24, 2.45) is 5.41 Å². The van der Waals surface area contributed by atoms with Crippen LogP contribution in [0, 0.1) is 5.41 Å². The summed E-state index contributed by atoms with van der Waals surface area (Å²) in [4.78, 5) is 24.7. The summed E-state index contributed by atoms with van der Waals surface area (Å²) in [5.74, 6) is -0.784. The first-order valence-corrected chi connectivity index (χ1v) is 6.86. The highest BCUT2D eigenvalue weighted by molar-refractivity contribution is 5.75. The fourth-order valence-electron chi connectivity index (χ4n) is 2.81. The van der Waals surface area contributed by atoms with Crippen molar-refractivity contribution in [2.75, 3.05) is 26.3 Å². The number of carboxylic acid groups (broad SMARTS) is 1. The average Bonchev–Trinajstić information content (AvgIpc) is 2.32. The van der Waals surface area contributed by atoms with Gasteiger partial charge in [-0.2, -0.15) is 0 Å². The van der Waals surface area contributed by atoms with Crippen LogP contribution in [0.3, 0.4) is 0 Å². The monoisotopic (exact) mass is 270 g/mol. The maximum Gasteiger partial charge on any atom is 0.317 e. The molecule has 2 aliphatic rings. The van der Waals surface area contributed by atoms with Gasteiger partial charge in [0.05, 0.1) is 25.7 Å². The van der Waals surface area contributed by atoms with E-state index in [0.29, 0.717) is 26.3 Å². The van der Waals surface area contributed by atoms with Crippen molar-refractivity contribution in [1.29, 1.82) is 0 Å². The Labute approximate surface area is 113 Å². The summed E-state index contributed by atoms with van der Waals surface area (Å²) in [6.45, 7) is 4.14. The van der Waals surface area contributed by atoms with Crippen molar-refractivity contribution in [3.63, 3.8) is 0 Å². The standard InChI is InChI=1S/C13H22N2O4/c1-10-8-19-6-5-15(10)12(18)14-9-13(3-2-4-13)7-11(16)17/h10H,2-9H2,1H3,(H,14,18)(H,16,17). The van der Waals surface area contributed by atoms with E-state index in [1.807, 2.05) is 6.92 Å². The zero-order valence-electron chi connectivity index (χ0n) is 11.4. The van der Waals surface area contributed by atoms with Gasteiger partial charge in [-0.15, -0.1) is 0 Å². The fraction of sp³-hybridized carbons (Fsp3) is 0.846. The quantitative estimate of drug-likeness (QED) is 0.800. The summed E-state index contributed by atoms with van der Waals surface area (Å²) >= 11 is 0. The number of morpholine rings is 1. The third kappa shape index (κ3) is 3.37. The molecule has 0 bridgehead atoms. The zero-order chi connectivity index (χ0) is 13.9. The first kappa shape index (κ1) is 14.1. The van der Waals surface area contributed by atoms with Crippen molar-refractivity contribution in [2.45, 2.75) is 38.6 Å². The second-order valence-electron chi connectivity index (χ2n) is 5.70. The first-order valence-electron chi connectivity index (χ1n) is 6.86. The van der Waals surface area contributed by atoms with Gasteiger partial charge >= 0.3 is 12.0 Å². The van der Waals surface area contributed by atoms with E-state index in [4.69, 9.17) is 9.84 Å². The van der Waals surface area contributed by atoms with Gasteiger partial charge in [0.15, 0.2) is 0 Å². The van der Waals surface area contributed by atoms with Crippen LogP contribution >= 0.6 is 0 Å². The van der Waals surface area contributed by atoms with Crippen LogP contribution in [0.2, 0.25) is 0 Å². The largest absolute Gasteiger partial charge is 0.481 e. The summed E-state index contributed by atoms with van der Waals surface area (Å²) in [5.41, 5.74) is -0.225. The predicted octanol–water partition coefficient (Wildman–Crippen LogP) is 1.06. The molecule has 1 aliphatic heterocycles. The van der Waals surface area contributed by atoms with Crippen LogP contribution in [-0.2, 0) is 9.53 Å². The van der Waals surface area contributed by atoms with E-state index in [2.05, 4.69) is 5.32 Å². The number of urea groups is 1. The van der Waals surface area contributed by atoms with E-state index in [1.54, 1.807) is 4.90 Å². The molecule has 1 unspecified atom stereocenters. The normalized spacial score (nSPS) is 25.5. The van der Waals surface area contributed by atoms with E-state index in [0.717, 1.165) is 19.3 Å². The Hall–Kier alpha value is -1.30. The number of ether oxygens (including phenoxy) is 1. The molecule has 0 aromatic rings. The Kier molecular flexibility index (Phi) is 4.29. The molecule has 0 radical (unpaired) electrons. The van der Waals surface area contributed by atoms with Gasteiger partial charge in [0.25, 0.3) is 0 Å². The molecule has 2 fully saturated rings. The van der Waals surface area contributed by atoms with Crippen LogP contribution in [0.1, 0.15) is 32.6 Å². The molecule has 108 valence electrons. The van der Waals surface area contributed by atoms with E-state index in [9.17, 15) is 9.59 Å². The van der Waals surface area contributed by atoms with E-state index in [-0.39, 0.29) is 23.9 Å². The van der Waals surface area contributed by atoms with Gasteiger partial charge in [-0.3, -0.25) is 4.79 Å². The Balaban J connectivity index is 1.83. The number of hydrogen-bond donors (Lipinski definition) is 2. The minimum absolute atomic E-state index is 0.0746. The van der Waals surface area contributed by atoms with Crippen LogP contribution in [0.15, 0.2) is 0 Å². The molecule has 1 aliphatic carbocycles. The topological polar surface area (TPSA) is 78.9 Å². The molecule has 6 heteroatoms. The van der Waals surface area contributed by atoms with E-state index in [1.165, 1.54) is 0 Å². The molecule has 2 amide bonds. The third-order valence-electron chi connectivity index (χ3n) is 4.18. The Bertz CT molecular complexity index is 355. The van der Waals surface area contributed by atoms with Crippen LogP contribution in [-0.4, -0.2) is 54.4 Å². The highest BCUT2D eigenvalue weighted by atomic mass is 16.5. The lowest BCUT2D eigenvalue weighted by molar-refractivity contribution is -0.141. The van der Waals surface area contributed by atoms with Gasteiger partial charge in [0, 0.05) is 13.1 Å². The summed E-state index contributed by atoms with van der Waals surface area (Å²) in [6.07, 6.45) is 2.97. The molecule has 2 rings (SSSR count). The number of hydrogen-bond acceptors (Lipinski definition) is 3. The number of nitrogens with one attached hydrogen (secondary N) is 1. The summed E-state index contributed by atoms with van der Waals surface area (Å²) < 4.78 is 5.29. The zero-order valence-corrected chi connectivity index (χ0v) is 11.4. The summed E-state index contributed by atoms with van der Waals surface area (Å²) in [6, 6.07) is -0.0296. The number of rotatable bonds is 4. The second kappa shape index (κ2) is 5.77. The highest BCUT2D eigenvalue weighted by Crippen LogP contribution is 2.43. The molecular formula is C13H22N2O4. The SMILES string of the molecule is CC1COCCN1C(=O)NCC1(CC(=O)O)CCC1. The minimum atomic E-state index is -0.784. The number of nitrogens with zero attached hydrogens (tertiary/aromatic N) is 1. The second-order valence-corrected chi connectivity index (χ2v) is 5.70. The maximum atomic E-state index is 12.1. The van der Waals surface area contributed by atoms with Gasteiger partial charge in [0.2, 0.25) is 0 Å². The van der Waals surface area contributed by atoms with Crippen LogP contribution < -0.4 is 5.32 Å². The number of amides is 2. The Morgan fingerprint density at radius 2 is 2.21 bits per heavy atom.